The molecule has 2 heterocycles. The normalized spacial score (nSPS) is 25.0. The van der Waals surface area contributed by atoms with Crippen LogP contribution in [-0.2, 0) is 20.9 Å². The van der Waals surface area contributed by atoms with E-state index in [0.29, 0.717) is 0 Å². The van der Waals surface area contributed by atoms with Gasteiger partial charge in [0.25, 0.3) is 5.91 Å². The third kappa shape index (κ3) is 3.04. The highest BCUT2D eigenvalue weighted by molar-refractivity contribution is 6.16. The fraction of sp³-hybridized carbons (Fsp3) is 0.412. The van der Waals surface area contributed by atoms with Gasteiger partial charge in [-0.15, -0.1) is 0 Å². The number of benzene rings is 1. The molecule has 3 rings (SSSR count). The molecule has 0 spiro atoms. The Morgan fingerprint density at radius 1 is 1.36 bits per heavy atom. The number of hydrogen-bond donors (Lipinski definition) is 1. The maximum atomic E-state index is 11.9. The largest absolute Gasteiger partial charge is 0.465 e. The minimum Gasteiger partial charge on any atom is -0.465 e. The number of nitrogens with one attached hydrogen (secondary N) is 1. The van der Waals surface area contributed by atoms with E-state index >= 15 is 0 Å². The zero-order chi connectivity index (χ0) is 15.5. The van der Waals surface area contributed by atoms with Crippen LogP contribution in [0.5, 0.6) is 0 Å². The third-order valence-electron chi connectivity index (χ3n) is 4.34. The fourth-order valence-electron chi connectivity index (χ4n) is 3.19. The molecule has 2 aliphatic rings. The van der Waals surface area contributed by atoms with Crippen LogP contribution in [0.3, 0.4) is 0 Å². The van der Waals surface area contributed by atoms with E-state index in [1.807, 2.05) is 18.2 Å². The molecule has 1 fully saturated rings. The third-order valence-corrected chi connectivity index (χ3v) is 4.34. The summed E-state index contributed by atoms with van der Waals surface area (Å²) in [6, 6.07) is 10.4. The quantitative estimate of drug-likeness (QED) is 0.671. The van der Waals surface area contributed by atoms with Crippen LogP contribution >= 0.6 is 0 Å². The van der Waals surface area contributed by atoms with Crippen LogP contribution in [0.25, 0.3) is 0 Å². The van der Waals surface area contributed by atoms with Gasteiger partial charge in [0.2, 0.25) is 0 Å². The monoisotopic (exact) mass is 300 g/mol. The van der Waals surface area contributed by atoms with Crippen molar-refractivity contribution in [3.05, 3.63) is 47.5 Å². The molecule has 0 unspecified atom stereocenters. The van der Waals surface area contributed by atoms with Crippen LogP contribution in [0, 0.1) is 5.92 Å². The van der Waals surface area contributed by atoms with Crippen LogP contribution in [0.1, 0.15) is 12.0 Å². The molecule has 0 saturated carbocycles. The Bertz CT molecular complexity index is 597. The van der Waals surface area contributed by atoms with Gasteiger partial charge in [0.05, 0.1) is 7.11 Å². The van der Waals surface area contributed by atoms with E-state index in [-0.39, 0.29) is 23.4 Å². The Hall–Kier alpha value is -2.14. The molecule has 5 heteroatoms. The number of carbonyl (C=O) groups is 2. The maximum Gasteiger partial charge on any atom is 0.343 e. The first-order valence-corrected chi connectivity index (χ1v) is 7.54. The first kappa shape index (κ1) is 14.8. The number of piperidine rings is 1. The number of hydrogen-bond acceptors (Lipinski definition) is 4. The summed E-state index contributed by atoms with van der Waals surface area (Å²) in [5, 5.41) is 2.93. The smallest absolute Gasteiger partial charge is 0.343 e. The molecule has 2 aliphatic heterocycles. The predicted octanol–water partition coefficient (Wildman–Crippen LogP) is 1.11. The fourth-order valence-corrected chi connectivity index (χ4v) is 3.19. The number of amides is 1. The molecule has 1 amide bonds. The molecule has 0 aliphatic carbocycles. The van der Waals surface area contributed by atoms with Crippen LogP contribution in [0.2, 0.25) is 0 Å². The van der Waals surface area contributed by atoms with Crippen LogP contribution in [0.15, 0.2) is 42.0 Å². The molecule has 116 valence electrons. The van der Waals surface area contributed by atoms with E-state index in [1.165, 1.54) is 12.7 Å². The number of ether oxygens (including phenoxy) is 1. The summed E-state index contributed by atoms with van der Waals surface area (Å²) in [5.74, 6) is -0.718. The van der Waals surface area contributed by atoms with Gasteiger partial charge in [-0.2, -0.15) is 0 Å². The van der Waals surface area contributed by atoms with Crippen molar-refractivity contribution in [3.8, 4) is 0 Å². The van der Waals surface area contributed by atoms with Gasteiger partial charge in [-0.1, -0.05) is 36.4 Å². The molecular weight excluding hydrogens is 280 g/mol. The maximum absolute atomic E-state index is 11.9. The summed E-state index contributed by atoms with van der Waals surface area (Å²) in [6.45, 7) is 2.66. The molecule has 0 aromatic heterocycles. The molecular formula is C17H20N2O3. The van der Waals surface area contributed by atoms with E-state index in [2.05, 4.69) is 27.1 Å². The van der Waals surface area contributed by atoms with Crippen molar-refractivity contribution in [1.29, 1.82) is 0 Å². The van der Waals surface area contributed by atoms with Crippen LogP contribution in [0.4, 0.5) is 0 Å². The summed E-state index contributed by atoms with van der Waals surface area (Å²) in [5.41, 5.74) is 1.41. The highest BCUT2D eigenvalue weighted by Gasteiger charge is 2.36. The summed E-state index contributed by atoms with van der Waals surface area (Å²) in [6.07, 6.45) is 2.68. The standard InChI is InChI=1S/C17H20N2O3/c1-22-17(21)14-9-13-11-19(8-7-15(13)18-16(14)20)10-12-5-3-2-4-6-12/h2-6,9,13,15H,7-8,10-11H2,1H3,(H,18,20)/t13-,15+/m0/s1. The highest BCUT2D eigenvalue weighted by Crippen LogP contribution is 2.25. The minimum atomic E-state index is -0.559. The van der Waals surface area contributed by atoms with Crippen molar-refractivity contribution in [2.75, 3.05) is 20.2 Å². The van der Waals surface area contributed by atoms with E-state index in [1.54, 1.807) is 6.08 Å². The number of likely N-dealkylation sites (tertiary alicyclic amines) is 1. The van der Waals surface area contributed by atoms with Gasteiger partial charge >= 0.3 is 5.97 Å². The molecule has 1 aromatic carbocycles. The van der Waals surface area contributed by atoms with Crippen LogP contribution in [-0.4, -0.2) is 43.0 Å². The lowest BCUT2D eigenvalue weighted by Crippen LogP contribution is -2.53. The number of esters is 1. The van der Waals surface area contributed by atoms with Crippen molar-refractivity contribution in [2.45, 2.75) is 19.0 Å². The molecule has 1 N–H and O–H groups in total. The van der Waals surface area contributed by atoms with Crippen molar-refractivity contribution < 1.29 is 14.3 Å². The topological polar surface area (TPSA) is 58.6 Å². The Labute approximate surface area is 129 Å². The summed E-state index contributed by atoms with van der Waals surface area (Å²) >= 11 is 0. The molecule has 5 nitrogen and oxygen atoms in total. The molecule has 0 bridgehead atoms. The highest BCUT2D eigenvalue weighted by atomic mass is 16.5. The first-order chi connectivity index (χ1) is 10.7. The van der Waals surface area contributed by atoms with E-state index in [4.69, 9.17) is 0 Å². The van der Waals surface area contributed by atoms with Crippen LogP contribution < -0.4 is 5.32 Å². The second-order valence-electron chi connectivity index (χ2n) is 5.83. The second kappa shape index (κ2) is 6.32. The number of carbonyl (C=O) groups excluding carboxylic acids is 2. The number of fused-ring (bicyclic) bond motifs is 1. The number of nitrogens with zero attached hydrogens (tertiary/aromatic N) is 1. The zero-order valence-electron chi connectivity index (χ0n) is 12.6. The SMILES string of the molecule is COC(=O)C1=C[C@H]2CN(Cc3ccccc3)CC[C@H]2NC1=O. The summed E-state index contributed by atoms with van der Waals surface area (Å²) < 4.78 is 4.68. The number of rotatable bonds is 3. The van der Waals surface area contributed by atoms with Gasteiger partial charge in [-0.3, -0.25) is 9.69 Å². The van der Waals surface area contributed by atoms with Gasteiger partial charge in [0, 0.05) is 31.6 Å². The van der Waals surface area contributed by atoms with Gasteiger partial charge in [-0.05, 0) is 12.0 Å². The van der Waals surface area contributed by atoms with E-state index < -0.39 is 5.97 Å². The first-order valence-electron chi connectivity index (χ1n) is 7.54. The lowest BCUT2D eigenvalue weighted by Gasteiger charge is -2.40. The van der Waals surface area contributed by atoms with Crippen molar-refractivity contribution in [1.82, 2.24) is 10.2 Å². The van der Waals surface area contributed by atoms with Gasteiger partial charge < -0.3 is 10.1 Å². The van der Waals surface area contributed by atoms with Gasteiger partial charge in [0.1, 0.15) is 5.57 Å². The van der Waals surface area contributed by atoms with Gasteiger partial charge in [0.15, 0.2) is 0 Å². The molecule has 2 atom stereocenters. The number of methoxy groups -OCH3 is 1. The second-order valence-corrected chi connectivity index (χ2v) is 5.83. The molecule has 22 heavy (non-hydrogen) atoms. The van der Waals surface area contributed by atoms with Crippen molar-refractivity contribution in [2.24, 2.45) is 5.92 Å². The molecule has 1 aromatic rings. The average molecular weight is 300 g/mol. The summed E-state index contributed by atoms with van der Waals surface area (Å²) in [7, 11) is 1.30. The predicted molar refractivity (Wildman–Crippen MR) is 81.9 cm³/mol. The lowest BCUT2D eigenvalue weighted by atomic mass is 9.86. The Morgan fingerprint density at radius 2 is 2.14 bits per heavy atom. The summed E-state index contributed by atoms with van der Waals surface area (Å²) in [4.78, 5) is 25.9. The Kier molecular flexibility index (Phi) is 4.24. The molecule has 1 saturated heterocycles. The minimum absolute atomic E-state index is 0.118. The van der Waals surface area contributed by atoms with Crippen molar-refractivity contribution >= 4 is 11.9 Å². The van der Waals surface area contributed by atoms with Gasteiger partial charge in [-0.25, -0.2) is 4.79 Å². The van der Waals surface area contributed by atoms with E-state index in [0.717, 1.165) is 26.1 Å². The average Bonchev–Trinajstić information content (AvgIpc) is 2.55. The lowest BCUT2D eigenvalue weighted by molar-refractivity contribution is -0.138. The molecule has 0 radical (unpaired) electrons. The van der Waals surface area contributed by atoms with Crippen molar-refractivity contribution in [3.63, 3.8) is 0 Å². The van der Waals surface area contributed by atoms with E-state index in [9.17, 15) is 9.59 Å². The Morgan fingerprint density at radius 3 is 2.86 bits per heavy atom. The zero-order valence-corrected chi connectivity index (χ0v) is 12.6. The Balaban J connectivity index is 1.71.